The monoisotopic (exact) mass is 251 g/mol. The zero-order valence-electron chi connectivity index (χ0n) is 8.11. The average Bonchev–Trinajstić information content (AvgIpc) is 2.16. The molecule has 0 saturated heterocycles. The zero-order valence-corrected chi connectivity index (χ0v) is 8.92. The Morgan fingerprint density at radius 2 is 1.88 bits per heavy atom. The summed E-state index contributed by atoms with van der Waals surface area (Å²) in [6, 6.07) is 0.587. The molecule has 0 unspecified atom stereocenters. The van der Waals surface area contributed by atoms with Gasteiger partial charge in [-0.25, -0.2) is 12.8 Å². The second-order valence-electron chi connectivity index (χ2n) is 2.89. The molecule has 0 spiro atoms. The van der Waals surface area contributed by atoms with Crippen LogP contribution in [-0.4, -0.2) is 19.1 Å². The smallest absolute Gasteiger partial charge is 0.258 e. The van der Waals surface area contributed by atoms with Crippen LogP contribution in [0.15, 0.2) is 17.0 Å². The molecule has 8 heteroatoms. The van der Waals surface area contributed by atoms with Gasteiger partial charge < -0.3 is 0 Å². The minimum absolute atomic E-state index is 0.195. The van der Waals surface area contributed by atoms with E-state index in [0.717, 1.165) is 0 Å². The summed E-state index contributed by atoms with van der Waals surface area (Å²) < 4.78 is 48.7. The van der Waals surface area contributed by atoms with E-state index in [1.807, 2.05) is 0 Å². The van der Waals surface area contributed by atoms with Gasteiger partial charge in [0.15, 0.2) is 9.84 Å². The molecular formula is C8H7F2NO4S. The molecule has 1 aromatic rings. The predicted molar refractivity (Wildman–Crippen MR) is 50.7 cm³/mol. The molecule has 1 aromatic carbocycles. The second kappa shape index (κ2) is 4.12. The first kappa shape index (κ1) is 12.5. The van der Waals surface area contributed by atoms with Gasteiger partial charge >= 0.3 is 5.69 Å². The Kier molecular flexibility index (Phi) is 3.22. The van der Waals surface area contributed by atoms with Crippen molar-refractivity contribution in [3.63, 3.8) is 0 Å². The topological polar surface area (TPSA) is 77.3 Å². The quantitative estimate of drug-likeness (QED) is 0.465. The molecule has 0 bridgehead atoms. The summed E-state index contributed by atoms with van der Waals surface area (Å²) in [6.45, 7) is 1.25. The second-order valence-corrected chi connectivity index (χ2v) is 5.14. The first-order chi connectivity index (χ1) is 7.29. The Bertz CT molecular complexity index is 541. The van der Waals surface area contributed by atoms with Crippen LogP contribution in [0, 0.1) is 21.7 Å². The summed E-state index contributed by atoms with van der Waals surface area (Å²) in [7, 11) is -3.95. The van der Waals surface area contributed by atoms with Gasteiger partial charge in [0.1, 0.15) is 10.7 Å². The number of nitro groups is 1. The molecule has 0 amide bonds. The van der Waals surface area contributed by atoms with Crippen LogP contribution in [0.3, 0.4) is 0 Å². The third-order valence-electron chi connectivity index (χ3n) is 1.91. The average molecular weight is 251 g/mol. The van der Waals surface area contributed by atoms with E-state index in [2.05, 4.69) is 0 Å². The van der Waals surface area contributed by atoms with Crippen LogP contribution < -0.4 is 0 Å². The third kappa shape index (κ3) is 2.16. The molecule has 0 atom stereocenters. The molecule has 88 valence electrons. The number of benzene rings is 1. The molecule has 5 nitrogen and oxygen atoms in total. The highest BCUT2D eigenvalue weighted by atomic mass is 32.2. The van der Waals surface area contributed by atoms with E-state index in [4.69, 9.17) is 0 Å². The lowest BCUT2D eigenvalue weighted by molar-refractivity contribution is -0.387. The van der Waals surface area contributed by atoms with Crippen molar-refractivity contribution < 1.29 is 22.1 Å². The van der Waals surface area contributed by atoms with Crippen molar-refractivity contribution in [2.75, 3.05) is 5.75 Å². The van der Waals surface area contributed by atoms with Crippen LogP contribution in [0.2, 0.25) is 0 Å². The normalized spacial score (nSPS) is 11.4. The first-order valence-electron chi connectivity index (χ1n) is 4.15. The van der Waals surface area contributed by atoms with Crippen molar-refractivity contribution in [2.45, 2.75) is 11.8 Å². The SMILES string of the molecule is CCS(=O)(=O)c1cc([N+](=O)[O-])c(F)cc1F. The Balaban J connectivity index is 3.55. The standard InChI is InChI=1S/C8H7F2NO4S/c1-2-16(14,15)8-4-7(11(12)13)5(9)3-6(8)10/h3-4H,2H2,1H3. The number of nitrogens with zero attached hydrogens (tertiary/aromatic N) is 1. The van der Waals surface area contributed by atoms with Gasteiger partial charge in [-0.15, -0.1) is 0 Å². The van der Waals surface area contributed by atoms with Gasteiger partial charge in [-0.05, 0) is 0 Å². The van der Waals surface area contributed by atoms with Crippen molar-refractivity contribution in [3.8, 4) is 0 Å². The maximum absolute atomic E-state index is 13.1. The molecule has 0 aliphatic carbocycles. The lowest BCUT2D eigenvalue weighted by Crippen LogP contribution is -2.08. The summed E-state index contributed by atoms with van der Waals surface area (Å²) >= 11 is 0. The van der Waals surface area contributed by atoms with Gasteiger partial charge in [0, 0.05) is 12.1 Å². The fourth-order valence-corrected chi connectivity index (χ4v) is 2.01. The predicted octanol–water partition coefficient (Wildman–Crippen LogP) is 1.67. The maximum atomic E-state index is 13.1. The number of hydrogen-bond acceptors (Lipinski definition) is 4. The minimum atomic E-state index is -3.95. The summed E-state index contributed by atoms with van der Waals surface area (Å²) in [4.78, 5) is 8.38. The first-order valence-corrected chi connectivity index (χ1v) is 5.81. The van der Waals surface area contributed by atoms with Crippen molar-refractivity contribution in [1.82, 2.24) is 0 Å². The van der Waals surface area contributed by atoms with Gasteiger partial charge in [0.05, 0.1) is 10.7 Å². The molecule has 0 radical (unpaired) electrons. The highest BCUT2D eigenvalue weighted by molar-refractivity contribution is 7.91. The Hall–Kier alpha value is -1.57. The van der Waals surface area contributed by atoms with Crippen LogP contribution in [0.4, 0.5) is 14.5 Å². The number of sulfone groups is 1. The number of halogens is 2. The van der Waals surface area contributed by atoms with E-state index in [9.17, 15) is 27.3 Å². The van der Waals surface area contributed by atoms with Gasteiger partial charge in [0.2, 0.25) is 5.82 Å². The van der Waals surface area contributed by atoms with E-state index in [-0.39, 0.29) is 6.07 Å². The molecule has 0 fully saturated rings. The Morgan fingerprint density at radius 1 is 1.31 bits per heavy atom. The van der Waals surface area contributed by atoms with Gasteiger partial charge in [-0.2, -0.15) is 4.39 Å². The van der Waals surface area contributed by atoms with E-state index in [0.29, 0.717) is 6.07 Å². The van der Waals surface area contributed by atoms with Crippen LogP contribution in [0.25, 0.3) is 0 Å². The van der Waals surface area contributed by atoms with Crippen molar-refractivity contribution in [2.24, 2.45) is 0 Å². The minimum Gasteiger partial charge on any atom is -0.258 e. The van der Waals surface area contributed by atoms with Crippen LogP contribution >= 0.6 is 0 Å². The molecular weight excluding hydrogens is 244 g/mol. The summed E-state index contributed by atoms with van der Waals surface area (Å²) in [5, 5.41) is 10.3. The third-order valence-corrected chi connectivity index (χ3v) is 3.66. The largest absolute Gasteiger partial charge is 0.306 e. The fraction of sp³-hybridized carbons (Fsp3) is 0.250. The highest BCUT2D eigenvalue weighted by Crippen LogP contribution is 2.25. The summed E-state index contributed by atoms with van der Waals surface area (Å²) in [5.41, 5.74) is -1.06. The Morgan fingerprint density at radius 3 is 2.31 bits per heavy atom. The van der Waals surface area contributed by atoms with E-state index in [1.54, 1.807) is 0 Å². The van der Waals surface area contributed by atoms with Crippen molar-refractivity contribution in [1.29, 1.82) is 0 Å². The molecule has 0 aromatic heterocycles. The lowest BCUT2D eigenvalue weighted by Gasteiger charge is -2.03. The molecule has 0 saturated carbocycles. The maximum Gasteiger partial charge on any atom is 0.306 e. The Labute approximate surface area is 89.8 Å². The zero-order chi connectivity index (χ0) is 12.5. The summed E-state index contributed by atoms with van der Waals surface area (Å²) in [5.74, 6) is -3.16. The van der Waals surface area contributed by atoms with Gasteiger partial charge in [0.25, 0.3) is 0 Å². The van der Waals surface area contributed by atoms with Crippen molar-refractivity contribution in [3.05, 3.63) is 33.9 Å². The number of rotatable bonds is 3. The fourth-order valence-electron chi connectivity index (χ4n) is 1.05. The molecule has 1 rings (SSSR count). The van der Waals surface area contributed by atoms with Gasteiger partial charge in [-0.3, -0.25) is 10.1 Å². The highest BCUT2D eigenvalue weighted by Gasteiger charge is 2.24. The van der Waals surface area contributed by atoms with Crippen LogP contribution in [0.5, 0.6) is 0 Å². The van der Waals surface area contributed by atoms with Crippen LogP contribution in [-0.2, 0) is 9.84 Å². The van der Waals surface area contributed by atoms with E-state index >= 15 is 0 Å². The van der Waals surface area contributed by atoms with Gasteiger partial charge in [-0.1, -0.05) is 6.92 Å². The van der Waals surface area contributed by atoms with E-state index < -0.39 is 42.7 Å². The number of hydrogen-bond donors (Lipinski definition) is 0. The molecule has 16 heavy (non-hydrogen) atoms. The molecule has 0 aliphatic heterocycles. The molecule has 0 N–H and O–H groups in total. The van der Waals surface area contributed by atoms with Crippen molar-refractivity contribution >= 4 is 15.5 Å². The molecule has 0 aliphatic rings. The lowest BCUT2D eigenvalue weighted by atomic mass is 10.3. The summed E-state index contributed by atoms with van der Waals surface area (Å²) in [6.07, 6.45) is 0. The molecule has 0 heterocycles. The van der Waals surface area contributed by atoms with E-state index in [1.165, 1.54) is 6.92 Å². The number of nitro benzene ring substituents is 1. The van der Waals surface area contributed by atoms with Crippen LogP contribution in [0.1, 0.15) is 6.92 Å².